The molecule has 1 atom stereocenters. The van der Waals surface area contributed by atoms with E-state index < -0.39 is 0 Å². The van der Waals surface area contributed by atoms with Crippen molar-refractivity contribution in [2.45, 2.75) is 64.1 Å². The molecule has 1 aliphatic carbocycles. The molecule has 2 fully saturated rings. The molecule has 1 aromatic rings. The van der Waals surface area contributed by atoms with Gasteiger partial charge >= 0.3 is 0 Å². The van der Waals surface area contributed by atoms with E-state index >= 15 is 0 Å². The standard InChI is InChI=1S/C16H26N4O.ClH/c1-12(2)20(13-5-3-6-13)16(21)15-8-10-19(18-15)14-7-4-9-17-11-14;/h8,10,12-14,17H,3-7,9,11H2,1-2H3;1H. The van der Waals surface area contributed by atoms with Gasteiger partial charge in [0.05, 0.1) is 6.04 Å². The number of rotatable bonds is 4. The van der Waals surface area contributed by atoms with Crippen LogP contribution >= 0.6 is 12.4 Å². The normalized spacial score (nSPS) is 22.0. The van der Waals surface area contributed by atoms with Gasteiger partial charge in [0, 0.05) is 24.8 Å². The third-order valence-electron chi connectivity index (χ3n) is 4.73. The van der Waals surface area contributed by atoms with Gasteiger partial charge in [-0.3, -0.25) is 9.48 Å². The molecule has 1 saturated carbocycles. The Balaban J connectivity index is 0.00000176. The highest BCUT2D eigenvalue weighted by atomic mass is 35.5. The highest BCUT2D eigenvalue weighted by molar-refractivity contribution is 5.92. The zero-order valence-electron chi connectivity index (χ0n) is 13.5. The van der Waals surface area contributed by atoms with E-state index in [4.69, 9.17) is 0 Å². The van der Waals surface area contributed by atoms with E-state index in [1.165, 1.54) is 12.8 Å². The Bertz CT molecular complexity index is 492. The number of carbonyl (C=O) groups excluding carboxylic acids is 1. The molecule has 1 saturated heterocycles. The molecule has 0 radical (unpaired) electrons. The van der Waals surface area contributed by atoms with Crippen molar-refractivity contribution in [2.24, 2.45) is 0 Å². The third-order valence-corrected chi connectivity index (χ3v) is 4.73. The summed E-state index contributed by atoms with van der Waals surface area (Å²) >= 11 is 0. The second-order valence-electron chi connectivity index (χ2n) is 6.57. The Morgan fingerprint density at radius 3 is 2.68 bits per heavy atom. The van der Waals surface area contributed by atoms with E-state index in [-0.39, 0.29) is 24.4 Å². The van der Waals surface area contributed by atoms with Crippen molar-refractivity contribution < 1.29 is 4.79 Å². The zero-order valence-corrected chi connectivity index (χ0v) is 14.3. The maximum absolute atomic E-state index is 12.8. The summed E-state index contributed by atoms with van der Waals surface area (Å²) in [6.07, 6.45) is 7.79. The second kappa shape index (κ2) is 7.47. The first-order valence-corrected chi connectivity index (χ1v) is 8.25. The lowest BCUT2D eigenvalue weighted by Gasteiger charge is -2.40. The maximum atomic E-state index is 12.8. The van der Waals surface area contributed by atoms with E-state index in [1.807, 2.05) is 21.8 Å². The first-order valence-electron chi connectivity index (χ1n) is 8.25. The van der Waals surface area contributed by atoms with Crippen molar-refractivity contribution in [3.63, 3.8) is 0 Å². The Kier molecular flexibility index (Phi) is 5.87. The topological polar surface area (TPSA) is 50.2 Å². The van der Waals surface area contributed by atoms with Gasteiger partial charge in [0.2, 0.25) is 0 Å². The summed E-state index contributed by atoms with van der Waals surface area (Å²) in [5, 5.41) is 7.96. The number of piperidine rings is 1. The van der Waals surface area contributed by atoms with Crippen molar-refractivity contribution in [1.29, 1.82) is 0 Å². The molecule has 0 spiro atoms. The molecule has 1 aromatic heterocycles. The molecule has 0 bridgehead atoms. The SMILES string of the molecule is CC(C)N(C(=O)c1ccn(C2CCCNC2)n1)C1CCC1.Cl. The van der Waals surface area contributed by atoms with Crippen LogP contribution in [-0.4, -0.2) is 45.8 Å². The minimum absolute atomic E-state index is 0. The molecule has 2 heterocycles. The van der Waals surface area contributed by atoms with E-state index in [0.29, 0.717) is 17.8 Å². The molecule has 2 aliphatic rings. The minimum atomic E-state index is 0. The first-order chi connectivity index (χ1) is 10.2. The van der Waals surface area contributed by atoms with E-state index in [2.05, 4.69) is 24.3 Å². The average Bonchev–Trinajstić information content (AvgIpc) is 2.92. The monoisotopic (exact) mass is 326 g/mol. The Labute approximate surface area is 138 Å². The smallest absolute Gasteiger partial charge is 0.274 e. The summed E-state index contributed by atoms with van der Waals surface area (Å²) in [5.41, 5.74) is 0.598. The van der Waals surface area contributed by atoms with Gasteiger partial charge in [-0.2, -0.15) is 5.10 Å². The molecule has 0 aromatic carbocycles. The molecule has 1 N–H and O–H groups in total. The van der Waals surface area contributed by atoms with E-state index in [9.17, 15) is 4.79 Å². The van der Waals surface area contributed by atoms with Gasteiger partial charge in [-0.05, 0) is 58.6 Å². The van der Waals surface area contributed by atoms with Crippen LogP contribution in [0.1, 0.15) is 62.5 Å². The van der Waals surface area contributed by atoms with Crippen LogP contribution in [0, 0.1) is 0 Å². The van der Waals surface area contributed by atoms with Gasteiger partial charge in [-0.15, -0.1) is 12.4 Å². The second-order valence-corrected chi connectivity index (χ2v) is 6.57. The third kappa shape index (κ3) is 3.46. The largest absolute Gasteiger partial charge is 0.332 e. The average molecular weight is 327 g/mol. The molecule has 1 amide bonds. The quantitative estimate of drug-likeness (QED) is 0.925. The number of nitrogens with zero attached hydrogens (tertiary/aromatic N) is 3. The highest BCUT2D eigenvalue weighted by Crippen LogP contribution is 2.28. The molecule has 1 aliphatic heterocycles. The minimum Gasteiger partial charge on any atom is -0.332 e. The van der Waals surface area contributed by atoms with Crippen molar-refractivity contribution >= 4 is 18.3 Å². The van der Waals surface area contributed by atoms with Crippen molar-refractivity contribution in [3.05, 3.63) is 18.0 Å². The summed E-state index contributed by atoms with van der Waals surface area (Å²) in [5.74, 6) is 0.0946. The fourth-order valence-electron chi connectivity index (χ4n) is 3.33. The highest BCUT2D eigenvalue weighted by Gasteiger charge is 2.32. The van der Waals surface area contributed by atoms with Crippen LogP contribution in [0.5, 0.6) is 0 Å². The lowest BCUT2D eigenvalue weighted by molar-refractivity contribution is 0.0481. The molecule has 6 heteroatoms. The number of hydrogen-bond acceptors (Lipinski definition) is 3. The van der Waals surface area contributed by atoms with Gasteiger partial charge < -0.3 is 10.2 Å². The van der Waals surface area contributed by atoms with Crippen LogP contribution in [-0.2, 0) is 0 Å². The zero-order chi connectivity index (χ0) is 14.8. The molecular weight excluding hydrogens is 300 g/mol. The van der Waals surface area contributed by atoms with Gasteiger partial charge in [0.25, 0.3) is 5.91 Å². The molecule has 124 valence electrons. The summed E-state index contributed by atoms with van der Waals surface area (Å²) < 4.78 is 1.97. The van der Waals surface area contributed by atoms with Gasteiger partial charge in [-0.1, -0.05) is 0 Å². The predicted molar refractivity (Wildman–Crippen MR) is 89.6 cm³/mol. The predicted octanol–water partition coefficient (Wildman–Crippen LogP) is 2.63. The number of carbonyl (C=O) groups is 1. The van der Waals surface area contributed by atoms with Gasteiger partial charge in [0.15, 0.2) is 0 Å². The molecular formula is C16H27ClN4O. The van der Waals surface area contributed by atoms with Crippen molar-refractivity contribution in [3.8, 4) is 0 Å². The summed E-state index contributed by atoms with van der Waals surface area (Å²) in [7, 11) is 0. The Morgan fingerprint density at radius 2 is 2.14 bits per heavy atom. The van der Waals surface area contributed by atoms with Crippen molar-refractivity contribution in [1.82, 2.24) is 20.0 Å². The van der Waals surface area contributed by atoms with E-state index in [0.717, 1.165) is 32.4 Å². The molecule has 1 unspecified atom stereocenters. The van der Waals surface area contributed by atoms with E-state index in [1.54, 1.807) is 0 Å². The van der Waals surface area contributed by atoms with Gasteiger partial charge in [0.1, 0.15) is 5.69 Å². The van der Waals surface area contributed by atoms with Crippen LogP contribution in [0.15, 0.2) is 12.3 Å². The maximum Gasteiger partial charge on any atom is 0.274 e. The summed E-state index contributed by atoms with van der Waals surface area (Å²) in [6.45, 7) is 6.23. The molecule has 5 nitrogen and oxygen atoms in total. The number of nitrogens with one attached hydrogen (secondary N) is 1. The van der Waals surface area contributed by atoms with Crippen molar-refractivity contribution in [2.75, 3.05) is 13.1 Å². The Hall–Kier alpha value is -1.07. The number of halogens is 1. The van der Waals surface area contributed by atoms with Crippen LogP contribution in [0.3, 0.4) is 0 Å². The number of hydrogen-bond donors (Lipinski definition) is 1. The first kappa shape index (κ1) is 17.3. The van der Waals surface area contributed by atoms with Crippen LogP contribution in [0.2, 0.25) is 0 Å². The number of amides is 1. The van der Waals surface area contributed by atoms with Gasteiger partial charge in [-0.25, -0.2) is 0 Å². The fraction of sp³-hybridized carbons (Fsp3) is 0.750. The lowest BCUT2D eigenvalue weighted by atomic mass is 9.90. The summed E-state index contributed by atoms with van der Waals surface area (Å²) in [6, 6.07) is 2.92. The Morgan fingerprint density at radius 1 is 1.36 bits per heavy atom. The van der Waals surface area contributed by atoms with Crippen LogP contribution < -0.4 is 5.32 Å². The molecule has 22 heavy (non-hydrogen) atoms. The lowest BCUT2D eigenvalue weighted by Crippen LogP contribution is -2.48. The van der Waals surface area contributed by atoms with Crippen LogP contribution in [0.25, 0.3) is 0 Å². The number of aromatic nitrogens is 2. The fourth-order valence-corrected chi connectivity index (χ4v) is 3.33. The van der Waals surface area contributed by atoms with Crippen LogP contribution in [0.4, 0.5) is 0 Å². The summed E-state index contributed by atoms with van der Waals surface area (Å²) in [4.78, 5) is 14.8. The molecule has 3 rings (SSSR count).